The van der Waals surface area contributed by atoms with Crippen molar-refractivity contribution < 1.29 is 4.79 Å². The van der Waals surface area contributed by atoms with Gasteiger partial charge in [0.05, 0.1) is 5.41 Å². The van der Waals surface area contributed by atoms with Gasteiger partial charge >= 0.3 is 0 Å². The van der Waals surface area contributed by atoms with Crippen LogP contribution in [0.5, 0.6) is 0 Å². The fraction of sp³-hybridized carbons (Fsp3) is 0.611. The van der Waals surface area contributed by atoms with Crippen LogP contribution in [0.25, 0.3) is 0 Å². The Labute approximate surface area is 126 Å². The van der Waals surface area contributed by atoms with E-state index in [-0.39, 0.29) is 5.41 Å². The highest BCUT2D eigenvalue weighted by atomic mass is 16.2. The quantitative estimate of drug-likeness (QED) is 0.850. The van der Waals surface area contributed by atoms with Crippen molar-refractivity contribution in [2.24, 2.45) is 11.3 Å². The summed E-state index contributed by atoms with van der Waals surface area (Å²) in [5, 5.41) is 0. The van der Waals surface area contributed by atoms with E-state index < -0.39 is 0 Å². The summed E-state index contributed by atoms with van der Waals surface area (Å²) in [6.07, 6.45) is 3.78. The second kappa shape index (κ2) is 4.84. The number of hydrogen-bond acceptors (Lipinski definition) is 2. The van der Waals surface area contributed by atoms with Gasteiger partial charge in [0, 0.05) is 39.1 Å². The standard InChI is InChI=1S/C18H24N2O/c1-19-10-9-18(17(19)21)13-20(11-14-7-8-14)12-16(18)15-5-3-2-4-6-15/h2-6,14,16H,7-13H2,1H3/t16-,18+/m1/s1. The molecule has 0 bridgehead atoms. The minimum absolute atomic E-state index is 0.162. The summed E-state index contributed by atoms with van der Waals surface area (Å²) in [6, 6.07) is 10.7. The number of rotatable bonds is 3. The van der Waals surface area contributed by atoms with Crippen LogP contribution in [0.2, 0.25) is 0 Å². The molecule has 3 fully saturated rings. The topological polar surface area (TPSA) is 23.6 Å². The number of hydrogen-bond donors (Lipinski definition) is 0. The first-order chi connectivity index (χ1) is 10.2. The molecule has 0 N–H and O–H groups in total. The average molecular weight is 284 g/mol. The van der Waals surface area contributed by atoms with Crippen molar-refractivity contribution in [1.82, 2.24) is 9.80 Å². The van der Waals surface area contributed by atoms with Crippen molar-refractivity contribution in [3.63, 3.8) is 0 Å². The molecule has 1 amide bonds. The number of benzene rings is 1. The van der Waals surface area contributed by atoms with Crippen LogP contribution in [0.15, 0.2) is 30.3 Å². The van der Waals surface area contributed by atoms with Crippen molar-refractivity contribution in [2.75, 3.05) is 33.2 Å². The third-order valence-corrected chi connectivity index (χ3v) is 5.69. The van der Waals surface area contributed by atoms with Crippen LogP contribution in [0.1, 0.15) is 30.7 Å². The Morgan fingerprint density at radius 2 is 2.00 bits per heavy atom. The molecule has 2 heterocycles. The Kier molecular flexibility index (Phi) is 3.07. The summed E-state index contributed by atoms with van der Waals surface area (Å²) in [5.41, 5.74) is 1.18. The van der Waals surface area contributed by atoms with E-state index in [1.165, 1.54) is 24.9 Å². The van der Waals surface area contributed by atoms with Crippen molar-refractivity contribution in [3.8, 4) is 0 Å². The van der Waals surface area contributed by atoms with E-state index in [1.807, 2.05) is 11.9 Å². The largest absolute Gasteiger partial charge is 0.345 e. The summed E-state index contributed by atoms with van der Waals surface area (Å²) in [5.74, 6) is 1.63. The summed E-state index contributed by atoms with van der Waals surface area (Å²) >= 11 is 0. The summed E-state index contributed by atoms with van der Waals surface area (Å²) in [6.45, 7) is 4.13. The van der Waals surface area contributed by atoms with Crippen molar-refractivity contribution >= 4 is 5.91 Å². The molecule has 4 rings (SSSR count). The molecule has 1 aromatic carbocycles. The fourth-order valence-electron chi connectivity index (χ4n) is 4.35. The lowest BCUT2D eigenvalue weighted by molar-refractivity contribution is -0.135. The van der Waals surface area contributed by atoms with Gasteiger partial charge in [0.15, 0.2) is 0 Å². The van der Waals surface area contributed by atoms with Crippen LogP contribution in [-0.4, -0.2) is 48.9 Å². The molecule has 3 nitrogen and oxygen atoms in total. The Morgan fingerprint density at radius 1 is 1.24 bits per heavy atom. The van der Waals surface area contributed by atoms with Crippen LogP contribution in [-0.2, 0) is 4.79 Å². The van der Waals surface area contributed by atoms with Crippen LogP contribution >= 0.6 is 0 Å². The number of amides is 1. The molecule has 2 aliphatic heterocycles. The van der Waals surface area contributed by atoms with E-state index in [4.69, 9.17) is 0 Å². The van der Waals surface area contributed by atoms with Crippen LogP contribution in [0, 0.1) is 11.3 Å². The molecule has 1 aromatic rings. The smallest absolute Gasteiger partial charge is 0.230 e. The third-order valence-electron chi connectivity index (χ3n) is 5.69. The molecule has 3 heteroatoms. The molecular formula is C18H24N2O. The maximum absolute atomic E-state index is 12.9. The number of likely N-dealkylation sites (tertiary alicyclic amines) is 2. The molecule has 3 aliphatic rings. The lowest BCUT2D eigenvalue weighted by Gasteiger charge is -2.28. The van der Waals surface area contributed by atoms with E-state index in [2.05, 4.69) is 35.2 Å². The normalized spacial score (nSPS) is 33.3. The highest BCUT2D eigenvalue weighted by molar-refractivity contribution is 5.86. The van der Waals surface area contributed by atoms with E-state index in [9.17, 15) is 4.79 Å². The SMILES string of the molecule is CN1CC[C@@]2(CN(CC3CC3)C[C@@H]2c2ccccc2)C1=O. The molecule has 1 spiro atoms. The molecule has 1 aliphatic carbocycles. The van der Waals surface area contributed by atoms with E-state index >= 15 is 0 Å². The second-order valence-electron chi connectivity index (χ2n) is 7.23. The molecule has 2 atom stereocenters. The predicted octanol–water partition coefficient (Wildman–Crippen LogP) is 2.34. The molecule has 2 saturated heterocycles. The molecular weight excluding hydrogens is 260 g/mol. The van der Waals surface area contributed by atoms with Gasteiger partial charge in [-0.1, -0.05) is 30.3 Å². The van der Waals surface area contributed by atoms with Gasteiger partial charge in [0.2, 0.25) is 5.91 Å². The van der Waals surface area contributed by atoms with E-state index in [1.54, 1.807) is 0 Å². The lowest BCUT2D eigenvalue weighted by atomic mass is 9.73. The Hall–Kier alpha value is -1.35. The van der Waals surface area contributed by atoms with E-state index in [0.29, 0.717) is 11.8 Å². The van der Waals surface area contributed by atoms with Crippen LogP contribution in [0.3, 0.4) is 0 Å². The molecule has 21 heavy (non-hydrogen) atoms. The first kappa shape index (κ1) is 13.3. The van der Waals surface area contributed by atoms with Crippen molar-refractivity contribution in [3.05, 3.63) is 35.9 Å². The Morgan fingerprint density at radius 3 is 2.62 bits per heavy atom. The maximum Gasteiger partial charge on any atom is 0.230 e. The zero-order valence-electron chi connectivity index (χ0n) is 12.8. The predicted molar refractivity (Wildman–Crippen MR) is 83.0 cm³/mol. The van der Waals surface area contributed by atoms with Crippen molar-refractivity contribution in [1.29, 1.82) is 0 Å². The maximum atomic E-state index is 12.9. The van der Waals surface area contributed by atoms with Gasteiger partial charge in [-0.3, -0.25) is 4.79 Å². The fourth-order valence-corrected chi connectivity index (χ4v) is 4.35. The second-order valence-corrected chi connectivity index (χ2v) is 7.23. The minimum atomic E-state index is -0.162. The molecule has 1 saturated carbocycles. The lowest BCUT2D eigenvalue weighted by Crippen LogP contribution is -2.38. The van der Waals surface area contributed by atoms with Gasteiger partial charge in [-0.05, 0) is 30.7 Å². The highest BCUT2D eigenvalue weighted by Gasteiger charge is 2.56. The number of nitrogens with zero attached hydrogens (tertiary/aromatic N) is 2. The monoisotopic (exact) mass is 284 g/mol. The number of carbonyl (C=O) groups excluding carboxylic acids is 1. The summed E-state index contributed by atoms with van der Waals surface area (Å²) < 4.78 is 0. The van der Waals surface area contributed by atoms with Crippen molar-refractivity contribution in [2.45, 2.75) is 25.2 Å². The van der Waals surface area contributed by atoms with Gasteiger partial charge in [0.25, 0.3) is 0 Å². The van der Waals surface area contributed by atoms with Gasteiger partial charge in [0.1, 0.15) is 0 Å². The molecule has 0 aromatic heterocycles. The van der Waals surface area contributed by atoms with Crippen LogP contribution in [0.4, 0.5) is 0 Å². The first-order valence-corrected chi connectivity index (χ1v) is 8.22. The first-order valence-electron chi connectivity index (χ1n) is 8.22. The minimum Gasteiger partial charge on any atom is -0.345 e. The zero-order chi connectivity index (χ0) is 14.4. The van der Waals surface area contributed by atoms with E-state index in [0.717, 1.165) is 32.0 Å². The molecule has 0 radical (unpaired) electrons. The molecule has 0 unspecified atom stereocenters. The average Bonchev–Trinajstić information content (AvgIpc) is 3.18. The van der Waals surface area contributed by atoms with Gasteiger partial charge in [-0.15, -0.1) is 0 Å². The summed E-state index contributed by atoms with van der Waals surface area (Å²) in [7, 11) is 1.96. The zero-order valence-corrected chi connectivity index (χ0v) is 12.8. The molecule has 112 valence electrons. The Bertz CT molecular complexity index is 539. The number of carbonyl (C=O) groups is 1. The summed E-state index contributed by atoms with van der Waals surface area (Å²) in [4.78, 5) is 17.4. The van der Waals surface area contributed by atoms with Crippen LogP contribution < -0.4 is 0 Å². The van der Waals surface area contributed by atoms with Gasteiger partial charge < -0.3 is 9.80 Å². The highest BCUT2D eigenvalue weighted by Crippen LogP contribution is 2.50. The Balaban J connectivity index is 1.66. The van der Waals surface area contributed by atoms with Gasteiger partial charge in [-0.2, -0.15) is 0 Å². The van der Waals surface area contributed by atoms with Gasteiger partial charge in [-0.25, -0.2) is 0 Å². The third kappa shape index (κ3) is 2.18.